The predicted octanol–water partition coefficient (Wildman–Crippen LogP) is 3.49. The van der Waals surface area contributed by atoms with Gasteiger partial charge >= 0.3 is 0 Å². The topological polar surface area (TPSA) is 38.5 Å². The van der Waals surface area contributed by atoms with E-state index < -0.39 is 0 Å². The van der Waals surface area contributed by atoms with Gasteiger partial charge in [-0.3, -0.25) is 0 Å². The standard InChI is InChI=1S/C17H25BrN2O/c1-2-14(19)10-12-6-7-13(18)11-16(12)20-8-9-21-17-5-3-4-15(17)20/h6-7,11,14-15,17H,2-5,8-10,19H2,1H3. The summed E-state index contributed by atoms with van der Waals surface area (Å²) >= 11 is 3.63. The summed E-state index contributed by atoms with van der Waals surface area (Å²) in [7, 11) is 0. The molecule has 2 fully saturated rings. The first-order chi connectivity index (χ1) is 10.2. The van der Waals surface area contributed by atoms with Gasteiger partial charge < -0.3 is 15.4 Å². The van der Waals surface area contributed by atoms with Crippen molar-refractivity contribution in [2.75, 3.05) is 18.1 Å². The molecule has 2 N–H and O–H groups in total. The van der Waals surface area contributed by atoms with E-state index in [2.05, 4.69) is 46.0 Å². The molecule has 1 aliphatic carbocycles. The molecule has 3 nitrogen and oxygen atoms in total. The fourth-order valence-electron chi connectivity index (χ4n) is 3.63. The van der Waals surface area contributed by atoms with Gasteiger partial charge in [0.1, 0.15) is 0 Å². The highest BCUT2D eigenvalue weighted by atomic mass is 79.9. The first kappa shape index (κ1) is 15.3. The number of ether oxygens (including phenoxy) is 1. The monoisotopic (exact) mass is 352 g/mol. The third kappa shape index (κ3) is 3.27. The molecule has 116 valence electrons. The van der Waals surface area contributed by atoms with Gasteiger partial charge in [0.05, 0.1) is 18.8 Å². The minimum atomic E-state index is 0.241. The highest BCUT2D eigenvalue weighted by Gasteiger charge is 2.36. The fraction of sp³-hybridized carbons (Fsp3) is 0.647. The molecule has 1 saturated carbocycles. The highest BCUT2D eigenvalue weighted by Crippen LogP contribution is 2.36. The number of morpholine rings is 1. The third-order valence-electron chi connectivity index (χ3n) is 4.85. The van der Waals surface area contributed by atoms with E-state index >= 15 is 0 Å². The van der Waals surface area contributed by atoms with Gasteiger partial charge in [-0.1, -0.05) is 28.9 Å². The maximum atomic E-state index is 6.19. The first-order valence-corrected chi connectivity index (χ1v) is 8.90. The van der Waals surface area contributed by atoms with Crippen molar-refractivity contribution in [3.63, 3.8) is 0 Å². The molecule has 1 aliphatic heterocycles. The van der Waals surface area contributed by atoms with Crippen LogP contribution < -0.4 is 10.6 Å². The minimum absolute atomic E-state index is 0.241. The van der Waals surface area contributed by atoms with E-state index in [9.17, 15) is 0 Å². The Kier molecular flexibility index (Phi) is 4.87. The van der Waals surface area contributed by atoms with Gasteiger partial charge in [-0.2, -0.15) is 0 Å². The van der Waals surface area contributed by atoms with Gasteiger partial charge in [0.25, 0.3) is 0 Å². The first-order valence-electron chi connectivity index (χ1n) is 8.11. The summed E-state index contributed by atoms with van der Waals surface area (Å²) in [6.45, 7) is 3.99. The summed E-state index contributed by atoms with van der Waals surface area (Å²) in [5, 5.41) is 0. The van der Waals surface area contributed by atoms with Crippen molar-refractivity contribution >= 4 is 21.6 Å². The molecule has 3 unspecified atom stereocenters. The largest absolute Gasteiger partial charge is 0.374 e. The average molecular weight is 353 g/mol. The number of benzene rings is 1. The number of anilines is 1. The zero-order valence-electron chi connectivity index (χ0n) is 12.7. The molecule has 1 aromatic rings. The molecular formula is C17H25BrN2O. The molecule has 0 radical (unpaired) electrons. The highest BCUT2D eigenvalue weighted by molar-refractivity contribution is 9.10. The van der Waals surface area contributed by atoms with Crippen LogP contribution in [0.2, 0.25) is 0 Å². The number of hydrogen-bond acceptors (Lipinski definition) is 3. The van der Waals surface area contributed by atoms with E-state index in [1.807, 2.05) is 0 Å². The van der Waals surface area contributed by atoms with Crippen molar-refractivity contribution in [2.45, 2.75) is 57.2 Å². The van der Waals surface area contributed by atoms with Crippen LogP contribution in [0.3, 0.4) is 0 Å². The summed E-state index contributed by atoms with van der Waals surface area (Å²) < 4.78 is 7.09. The summed E-state index contributed by atoms with van der Waals surface area (Å²) in [6, 6.07) is 7.41. The average Bonchev–Trinajstić information content (AvgIpc) is 2.97. The second-order valence-corrected chi connectivity index (χ2v) is 7.16. The Bertz CT molecular complexity index is 494. The molecule has 1 aromatic carbocycles. The van der Waals surface area contributed by atoms with Crippen molar-refractivity contribution in [1.82, 2.24) is 0 Å². The number of nitrogens with two attached hydrogens (primary N) is 1. The SMILES string of the molecule is CCC(N)Cc1ccc(Br)cc1N1CCOC2CCCC21. The van der Waals surface area contributed by atoms with Gasteiger partial charge in [-0.05, 0) is 49.8 Å². The molecule has 0 bridgehead atoms. The summed E-state index contributed by atoms with van der Waals surface area (Å²) in [5.41, 5.74) is 8.92. The summed E-state index contributed by atoms with van der Waals surface area (Å²) in [5.74, 6) is 0. The molecule has 0 aromatic heterocycles. The van der Waals surface area contributed by atoms with Gasteiger partial charge in [-0.25, -0.2) is 0 Å². The number of fused-ring (bicyclic) bond motifs is 1. The van der Waals surface area contributed by atoms with Crippen LogP contribution in [-0.4, -0.2) is 31.3 Å². The Balaban J connectivity index is 1.90. The molecule has 4 heteroatoms. The molecule has 3 atom stereocenters. The van der Waals surface area contributed by atoms with Crippen LogP contribution in [-0.2, 0) is 11.2 Å². The van der Waals surface area contributed by atoms with Crippen LogP contribution in [0.4, 0.5) is 5.69 Å². The van der Waals surface area contributed by atoms with Crippen LogP contribution in [0.25, 0.3) is 0 Å². The Morgan fingerprint density at radius 2 is 2.29 bits per heavy atom. The molecule has 0 spiro atoms. The van der Waals surface area contributed by atoms with Gasteiger partial charge in [0.2, 0.25) is 0 Å². The lowest BCUT2D eigenvalue weighted by molar-refractivity contribution is 0.0256. The second-order valence-electron chi connectivity index (χ2n) is 6.25. The van der Waals surface area contributed by atoms with Crippen LogP contribution >= 0.6 is 15.9 Å². The lowest BCUT2D eigenvalue weighted by atomic mass is 10.00. The zero-order valence-corrected chi connectivity index (χ0v) is 14.3. The van der Waals surface area contributed by atoms with Crippen LogP contribution in [0.1, 0.15) is 38.2 Å². The van der Waals surface area contributed by atoms with Crippen molar-refractivity contribution in [3.05, 3.63) is 28.2 Å². The van der Waals surface area contributed by atoms with Crippen LogP contribution in [0.15, 0.2) is 22.7 Å². The smallest absolute Gasteiger partial charge is 0.0779 e. The van der Waals surface area contributed by atoms with Crippen molar-refractivity contribution in [1.29, 1.82) is 0 Å². The zero-order chi connectivity index (χ0) is 14.8. The lowest BCUT2D eigenvalue weighted by Gasteiger charge is -2.40. The van der Waals surface area contributed by atoms with Crippen LogP contribution in [0.5, 0.6) is 0 Å². The van der Waals surface area contributed by atoms with Gasteiger partial charge in [0, 0.05) is 22.7 Å². The Morgan fingerprint density at radius 1 is 1.43 bits per heavy atom. The maximum Gasteiger partial charge on any atom is 0.0779 e. The number of nitrogens with zero attached hydrogens (tertiary/aromatic N) is 1. The predicted molar refractivity (Wildman–Crippen MR) is 90.8 cm³/mol. The van der Waals surface area contributed by atoms with Crippen molar-refractivity contribution < 1.29 is 4.74 Å². The third-order valence-corrected chi connectivity index (χ3v) is 5.34. The van der Waals surface area contributed by atoms with E-state index in [0.717, 1.165) is 30.5 Å². The van der Waals surface area contributed by atoms with E-state index in [4.69, 9.17) is 10.5 Å². The van der Waals surface area contributed by atoms with Crippen molar-refractivity contribution in [3.8, 4) is 0 Å². The van der Waals surface area contributed by atoms with E-state index in [0.29, 0.717) is 12.1 Å². The number of halogens is 1. The molecular weight excluding hydrogens is 328 g/mol. The normalized spacial score (nSPS) is 26.7. The van der Waals surface area contributed by atoms with E-state index in [1.165, 1.54) is 30.5 Å². The molecule has 2 aliphatic rings. The quantitative estimate of drug-likeness (QED) is 0.901. The van der Waals surface area contributed by atoms with Gasteiger partial charge in [0.15, 0.2) is 0 Å². The Hall–Kier alpha value is -0.580. The number of rotatable bonds is 4. The summed E-state index contributed by atoms with van der Waals surface area (Å²) in [6.07, 6.45) is 6.13. The molecule has 21 heavy (non-hydrogen) atoms. The van der Waals surface area contributed by atoms with Gasteiger partial charge in [-0.15, -0.1) is 0 Å². The molecule has 3 rings (SSSR count). The molecule has 0 amide bonds. The Labute approximate surface area is 136 Å². The Morgan fingerprint density at radius 3 is 3.10 bits per heavy atom. The van der Waals surface area contributed by atoms with E-state index in [1.54, 1.807) is 0 Å². The lowest BCUT2D eigenvalue weighted by Crippen LogP contribution is -2.49. The van der Waals surface area contributed by atoms with E-state index in [-0.39, 0.29) is 6.04 Å². The van der Waals surface area contributed by atoms with Crippen molar-refractivity contribution in [2.24, 2.45) is 5.73 Å². The second kappa shape index (κ2) is 6.67. The molecule has 1 heterocycles. The fourth-order valence-corrected chi connectivity index (χ4v) is 3.98. The minimum Gasteiger partial charge on any atom is -0.374 e. The maximum absolute atomic E-state index is 6.19. The molecule has 1 saturated heterocycles. The number of hydrogen-bond donors (Lipinski definition) is 1. The van der Waals surface area contributed by atoms with Crippen LogP contribution in [0, 0.1) is 0 Å². The summed E-state index contributed by atoms with van der Waals surface area (Å²) in [4.78, 5) is 2.57.